The van der Waals surface area contributed by atoms with Crippen molar-refractivity contribution in [1.82, 2.24) is 0 Å². The van der Waals surface area contributed by atoms with E-state index in [2.05, 4.69) is 27.4 Å². The highest BCUT2D eigenvalue weighted by Gasteiger charge is 2.01. The molecule has 3 heteroatoms. The normalized spacial score (nSPS) is 10.3. The van der Waals surface area contributed by atoms with E-state index in [9.17, 15) is 0 Å². The Morgan fingerprint density at radius 3 is 2.38 bits per heavy atom. The summed E-state index contributed by atoms with van der Waals surface area (Å²) in [5, 5.41) is 2.29. The standard InChI is InChI=1S/C10H9BrN2/c11-9-5-6-10(13-12)8-4-2-1-3-7(8)9/h1-6,13H,12H2. The third-order valence-electron chi connectivity index (χ3n) is 2.03. The molecule has 0 radical (unpaired) electrons. The molecule has 0 aliphatic carbocycles. The molecule has 0 spiro atoms. The lowest BCUT2D eigenvalue weighted by Gasteiger charge is -2.06. The Morgan fingerprint density at radius 1 is 1.00 bits per heavy atom. The molecule has 0 unspecified atom stereocenters. The van der Waals surface area contributed by atoms with Crippen LogP contribution < -0.4 is 11.3 Å². The van der Waals surface area contributed by atoms with Gasteiger partial charge < -0.3 is 5.43 Å². The van der Waals surface area contributed by atoms with Gasteiger partial charge in [0.15, 0.2) is 0 Å². The van der Waals surface area contributed by atoms with Gasteiger partial charge in [-0.05, 0) is 17.5 Å². The Hall–Kier alpha value is -1.06. The number of nitrogen functional groups attached to an aromatic ring is 1. The molecule has 3 N–H and O–H groups in total. The van der Waals surface area contributed by atoms with Gasteiger partial charge in [0.2, 0.25) is 0 Å². The topological polar surface area (TPSA) is 38.0 Å². The first-order valence-corrected chi connectivity index (χ1v) is 4.76. The molecule has 0 aliphatic rings. The summed E-state index contributed by atoms with van der Waals surface area (Å²) >= 11 is 3.49. The molecule has 0 fully saturated rings. The number of nitrogens with two attached hydrogens (primary N) is 1. The quantitative estimate of drug-likeness (QED) is 0.591. The van der Waals surface area contributed by atoms with Crippen LogP contribution in [-0.4, -0.2) is 0 Å². The van der Waals surface area contributed by atoms with Crippen molar-refractivity contribution in [3.8, 4) is 0 Å². The molecule has 0 amide bonds. The van der Waals surface area contributed by atoms with Crippen LogP contribution in [0.5, 0.6) is 0 Å². The molecule has 0 saturated heterocycles. The number of rotatable bonds is 1. The van der Waals surface area contributed by atoms with E-state index in [4.69, 9.17) is 5.84 Å². The van der Waals surface area contributed by atoms with Crippen molar-refractivity contribution in [2.75, 3.05) is 5.43 Å². The lowest BCUT2D eigenvalue weighted by molar-refractivity contribution is 1.37. The predicted molar refractivity (Wildman–Crippen MR) is 59.5 cm³/mol. The van der Waals surface area contributed by atoms with Crippen LogP contribution in [0.2, 0.25) is 0 Å². The van der Waals surface area contributed by atoms with E-state index in [-0.39, 0.29) is 0 Å². The SMILES string of the molecule is NNc1ccc(Br)c2ccccc12. The van der Waals surface area contributed by atoms with Gasteiger partial charge in [0.1, 0.15) is 0 Å². The van der Waals surface area contributed by atoms with E-state index >= 15 is 0 Å². The van der Waals surface area contributed by atoms with E-state index < -0.39 is 0 Å². The minimum absolute atomic E-state index is 0.943. The second-order valence-electron chi connectivity index (χ2n) is 2.78. The fourth-order valence-electron chi connectivity index (χ4n) is 1.39. The summed E-state index contributed by atoms with van der Waals surface area (Å²) < 4.78 is 1.09. The number of halogens is 1. The van der Waals surface area contributed by atoms with Gasteiger partial charge >= 0.3 is 0 Å². The van der Waals surface area contributed by atoms with Crippen molar-refractivity contribution in [1.29, 1.82) is 0 Å². The van der Waals surface area contributed by atoms with Crippen LogP contribution >= 0.6 is 15.9 Å². The molecular weight excluding hydrogens is 228 g/mol. The maximum atomic E-state index is 5.40. The monoisotopic (exact) mass is 236 g/mol. The number of anilines is 1. The minimum Gasteiger partial charge on any atom is -0.324 e. The van der Waals surface area contributed by atoms with E-state index in [1.54, 1.807) is 0 Å². The van der Waals surface area contributed by atoms with Gasteiger partial charge in [0.05, 0.1) is 5.69 Å². The third-order valence-corrected chi connectivity index (χ3v) is 2.72. The molecule has 2 nitrogen and oxygen atoms in total. The number of nitrogens with one attached hydrogen (secondary N) is 1. The zero-order valence-corrected chi connectivity index (χ0v) is 8.51. The number of hydrazine groups is 1. The van der Waals surface area contributed by atoms with Crippen molar-refractivity contribution in [3.63, 3.8) is 0 Å². The lowest BCUT2D eigenvalue weighted by Crippen LogP contribution is -2.06. The smallest absolute Gasteiger partial charge is 0.0564 e. The predicted octanol–water partition coefficient (Wildman–Crippen LogP) is 2.89. The van der Waals surface area contributed by atoms with Crippen molar-refractivity contribution in [2.45, 2.75) is 0 Å². The van der Waals surface area contributed by atoms with Gasteiger partial charge in [-0.1, -0.05) is 40.2 Å². The first-order valence-electron chi connectivity index (χ1n) is 3.97. The summed E-state index contributed by atoms with van der Waals surface area (Å²) in [6.07, 6.45) is 0. The Kier molecular flexibility index (Phi) is 2.20. The average Bonchev–Trinajstić information content (AvgIpc) is 2.19. The summed E-state index contributed by atoms with van der Waals surface area (Å²) in [6, 6.07) is 12.0. The van der Waals surface area contributed by atoms with Crippen molar-refractivity contribution < 1.29 is 0 Å². The fraction of sp³-hybridized carbons (Fsp3) is 0. The van der Waals surface area contributed by atoms with Gasteiger partial charge in [0.25, 0.3) is 0 Å². The molecular formula is C10H9BrN2. The zero-order valence-electron chi connectivity index (χ0n) is 6.92. The fourth-order valence-corrected chi connectivity index (χ4v) is 1.87. The van der Waals surface area contributed by atoms with Crippen LogP contribution in [-0.2, 0) is 0 Å². The number of fused-ring (bicyclic) bond motifs is 1. The van der Waals surface area contributed by atoms with Crippen LogP contribution in [0, 0.1) is 0 Å². The van der Waals surface area contributed by atoms with Crippen molar-refractivity contribution in [3.05, 3.63) is 40.9 Å². The van der Waals surface area contributed by atoms with Crippen LogP contribution in [0.3, 0.4) is 0 Å². The van der Waals surface area contributed by atoms with Crippen LogP contribution in [0.25, 0.3) is 10.8 Å². The highest BCUT2D eigenvalue weighted by Crippen LogP contribution is 2.29. The second kappa shape index (κ2) is 3.36. The molecule has 2 aromatic carbocycles. The maximum Gasteiger partial charge on any atom is 0.0564 e. The summed E-state index contributed by atoms with van der Waals surface area (Å²) in [6.45, 7) is 0. The molecule has 0 aliphatic heterocycles. The van der Waals surface area contributed by atoms with Gasteiger partial charge in [-0.3, -0.25) is 5.84 Å². The van der Waals surface area contributed by atoms with Gasteiger partial charge in [-0.15, -0.1) is 0 Å². The number of hydrogen-bond donors (Lipinski definition) is 2. The highest BCUT2D eigenvalue weighted by molar-refractivity contribution is 9.10. The second-order valence-corrected chi connectivity index (χ2v) is 3.64. The number of hydrogen-bond acceptors (Lipinski definition) is 2. The first-order chi connectivity index (χ1) is 6.33. The Labute approximate surface area is 84.8 Å². The van der Waals surface area contributed by atoms with E-state index in [1.807, 2.05) is 30.3 Å². The van der Waals surface area contributed by atoms with Crippen LogP contribution in [0.15, 0.2) is 40.9 Å². The molecule has 2 aromatic rings. The largest absolute Gasteiger partial charge is 0.324 e. The molecule has 0 heterocycles. The van der Waals surface area contributed by atoms with Gasteiger partial charge in [-0.25, -0.2) is 0 Å². The number of benzene rings is 2. The minimum atomic E-state index is 0.943. The molecule has 66 valence electrons. The summed E-state index contributed by atoms with van der Waals surface area (Å²) in [7, 11) is 0. The lowest BCUT2D eigenvalue weighted by atomic mass is 10.1. The summed E-state index contributed by atoms with van der Waals surface area (Å²) in [4.78, 5) is 0. The summed E-state index contributed by atoms with van der Waals surface area (Å²) in [5.74, 6) is 5.40. The van der Waals surface area contributed by atoms with E-state index in [1.165, 1.54) is 0 Å². The summed E-state index contributed by atoms with van der Waals surface area (Å²) in [5.41, 5.74) is 3.62. The van der Waals surface area contributed by atoms with Crippen molar-refractivity contribution in [2.24, 2.45) is 5.84 Å². The Balaban J connectivity index is 2.84. The molecule has 0 saturated carbocycles. The van der Waals surface area contributed by atoms with E-state index in [0.717, 1.165) is 20.9 Å². The molecule has 0 atom stereocenters. The highest BCUT2D eigenvalue weighted by atomic mass is 79.9. The van der Waals surface area contributed by atoms with Gasteiger partial charge in [-0.2, -0.15) is 0 Å². The van der Waals surface area contributed by atoms with Crippen LogP contribution in [0.1, 0.15) is 0 Å². The Morgan fingerprint density at radius 2 is 1.69 bits per heavy atom. The molecule has 0 bridgehead atoms. The van der Waals surface area contributed by atoms with E-state index in [0.29, 0.717) is 0 Å². The van der Waals surface area contributed by atoms with Crippen molar-refractivity contribution >= 4 is 32.4 Å². The average molecular weight is 237 g/mol. The molecule has 2 rings (SSSR count). The Bertz CT molecular complexity index is 440. The zero-order chi connectivity index (χ0) is 9.26. The van der Waals surface area contributed by atoms with Crippen LogP contribution in [0.4, 0.5) is 5.69 Å². The third kappa shape index (κ3) is 1.41. The molecule has 0 aromatic heterocycles. The van der Waals surface area contributed by atoms with Gasteiger partial charge in [0, 0.05) is 9.86 Å². The first kappa shape index (κ1) is 8.53. The molecule has 13 heavy (non-hydrogen) atoms. The maximum absolute atomic E-state index is 5.40.